The summed E-state index contributed by atoms with van der Waals surface area (Å²) in [4.78, 5) is 30.2. The fourth-order valence-electron chi connectivity index (χ4n) is 3.94. The zero-order valence-electron chi connectivity index (χ0n) is 16.9. The number of hydrogen-bond donors (Lipinski definition) is 0. The van der Waals surface area contributed by atoms with Crippen molar-refractivity contribution >= 4 is 28.3 Å². The maximum Gasteiger partial charge on any atom is 0.258 e. The van der Waals surface area contributed by atoms with Crippen LogP contribution in [0.25, 0.3) is 22.4 Å². The van der Waals surface area contributed by atoms with E-state index in [0.717, 1.165) is 22.3 Å². The Balaban J connectivity index is 1.76. The van der Waals surface area contributed by atoms with E-state index >= 15 is 0 Å². The van der Waals surface area contributed by atoms with Crippen molar-refractivity contribution in [3.8, 4) is 5.69 Å². The molecular weight excluding hydrogens is 414 g/mol. The third kappa shape index (κ3) is 3.23. The van der Waals surface area contributed by atoms with Crippen LogP contribution in [-0.2, 0) is 6.54 Å². The van der Waals surface area contributed by atoms with E-state index in [9.17, 15) is 9.59 Å². The van der Waals surface area contributed by atoms with Crippen LogP contribution in [0.4, 0.5) is 0 Å². The van der Waals surface area contributed by atoms with Crippen LogP contribution in [0, 0.1) is 13.8 Å². The number of nitrogens with zero attached hydrogens (tertiary/aromatic N) is 5. The second kappa shape index (κ2) is 7.21. The minimum absolute atomic E-state index is 0.141. The van der Waals surface area contributed by atoms with Gasteiger partial charge in [-0.1, -0.05) is 29.8 Å². The zero-order valence-corrected chi connectivity index (χ0v) is 17.7. The minimum Gasteiger partial charge on any atom is -0.286 e. The highest BCUT2D eigenvalue weighted by atomic mass is 35.5. The fourth-order valence-corrected chi connectivity index (χ4v) is 4.10. The average Bonchev–Trinajstić information content (AvgIpc) is 3.10. The maximum atomic E-state index is 13.0. The first kappa shape index (κ1) is 19.3. The molecular formula is C23H18ClN5O2. The first-order chi connectivity index (χ1) is 14.9. The van der Waals surface area contributed by atoms with Crippen LogP contribution in [0.15, 0.2) is 70.4 Å². The number of fused-ring (bicyclic) bond motifs is 2. The molecule has 0 N–H and O–H groups in total. The molecule has 154 valence electrons. The summed E-state index contributed by atoms with van der Waals surface area (Å²) in [6.07, 6.45) is 1.53. The summed E-state index contributed by atoms with van der Waals surface area (Å²) in [5.41, 5.74) is 3.72. The van der Waals surface area contributed by atoms with Gasteiger partial charge in [0.15, 0.2) is 0 Å². The lowest BCUT2D eigenvalue weighted by Gasteiger charge is -2.12. The van der Waals surface area contributed by atoms with E-state index < -0.39 is 0 Å². The third-order valence-corrected chi connectivity index (χ3v) is 5.51. The molecule has 0 saturated heterocycles. The van der Waals surface area contributed by atoms with E-state index in [1.807, 2.05) is 44.2 Å². The van der Waals surface area contributed by atoms with E-state index in [-0.39, 0.29) is 17.7 Å². The molecule has 0 unspecified atom stereocenters. The third-order valence-electron chi connectivity index (χ3n) is 5.29. The van der Waals surface area contributed by atoms with Crippen LogP contribution in [0.5, 0.6) is 0 Å². The molecule has 0 saturated carbocycles. The minimum atomic E-state index is -0.258. The van der Waals surface area contributed by atoms with Gasteiger partial charge >= 0.3 is 0 Å². The molecule has 0 atom stereocenters. The first-order valence-corrected chi connectivity index (χ1v) is 10.1. The van der Waals surface area contributed by atoms with Crippen molar-refractivity contribution < 1.29 is 0 Å². The van der Waals surface area contributed by atoms with E-state index in [4.69, 9.17) is 16.7 Å². The molecule has 4 aromatic heterocycles. The molecule has 0 spiro atoms. The van der Waals surface area contributed by atoms with Gasteiger partial charge in [-0.3, -0.25) is 18.6 Å². The predicted octanol–water partition coefficient (Wildman–Crippen LogP) is 3.51. The van der Waals surface area contributed by atoms with Crippen LogP contribution in [0.2, 0.25) is 5.02 Å². The van der Waals surface area contributed by atoms with Gasteiger partial charge in [-0.2, -0.15) is 5.10 Å². The molecule has 0 aliphatic rings. The average molecular weight is 432 g/mol. The summed E-state index contributed by atoms with van der Waals surface area (Å²) < 4.78 is 4.77. The number of rotatable bonds is 3. The van der Waals surface area contributed by atoms with Crippen molar-refractivity contribution in [1.29, 1.82) is 0 Å². The Kier molecular flexibility index (Phi) is 4.48. The van der Waals surface area contributed by atoms with Crippen LogP contribution in [0.1, 0.15) is 17.0 Å². The van der Waals surface area contributed by atoms with Gasteiger partial charge in [0, 0.05) is 23.7 Å². The summed E-state index contributed by atoms with van der Waals surface area (Å²) in [6.45, 7) is 3.97. The monoisotopic (exact) mass is 431 g/mol. The molecule has 0 fully saturated rings. The van der Waals surface area contributed by atoms with Gasteiger partial charge in [-0.05, 0) is 43.7 Å². The van der Waals surface area contributed by atoms with Crippen molar-refractivity contribution in [1.82, 2.24) is 23.7 Å². The Morgan fingerprint density at radius 1 is 0.968 bits per heavy atom. The summed E-state index contributed by atoms with van der Waals surface area (Å²) in [6, 6.07) is 16.0. The zero-order chi connectivity index (χ0) is 21.7. The van der Waals surface area contributed by atoms with Crippen molar-refractivity contribution in [2.24, 2.45) is 0 Å². The number of pyridine rings is 2. The summed E-state index contributed by atoms with van der Waals surface area (Å²) >= 11 is 6.00. The normalized spacial score (nSPS) is 11.5. The summed E-state index contributed by atoms with van der Waals surface area (Å²) in [5.74, 6) is 0. The molecule has 7 nitrogen and oxygen atoms in total. The van der Waals surface area contributed by atoms with Crippen LogP contribution >= 0.6 is 11.6 Å². The lowest BCUT2D eigenvalue weighted by Crippen LogP contribution is -2.24. The number of aromatic nitrogens is 5. The standard InChI is InChI=1S/C23H18ClN5O2/c1-14-10-20(30)28(13-17-11-21(31)27-12-16(24)8-9-19(27)25-17)23-22(14)15(2)26-29(23)18-6-4-3-5-7-18/h3-12H,13H2,1-2H3. The molecule has 5 aromatic rings. The molecule has 1 aromatic carbocycles. The number of hydrogen-bond acceptors (Lipinski definition) is 4. The largest absolute Gasteiger partial charge is 0.286 e. The molecule has 5 rings (SSSR count). The number of para-hydroxylation sites is 1. The van der Waals surface area contributed by atoms with Crippen LogP contribution in [-0.4, -0.2) is 23.7 Å². The Bertz CT molecular complexity index is 1580. The van der Waals surface area contributed by atoms with E-state index in [1.54, 1.807) is 27.4 Å². The highest BCUT2D eigenvalue weighted by molar-refractivity contribution is 6.30. The predicted molar refractivity (Wildman–Crippen MR) is 120 cm³/mol. The fraction of sp³-hybridized carbons (Fsp3) is 0.130. The maximum absolute atomic E-state index is 13.0. The molecule has 0 aliphatic heterocycles. The van der Waals surface area contributed by atoms with Crippen LogP contribution in [0.3, 0.4) is 0 Å². The van der Waals surface area contributed by atoms with Gasteiger partial charge < -0.3 is 0 Å². The Labute approximate surface area is 181 Å². The van der Waals surface area contributed by atoms with E-state index in [0.29, 0.717) is 22.0 Å². The molecule has 0 radical (unpaired) electrons. The van der Waals surface area contributed by atoms with Gasteiger partial charge in [0.25, 0.3) is 11.1 Å². The molecule has 0 aliphatic carbocycles. The van der Waals surface area contributed by atoms with Gasteiger partial charge in [-0.25, -0.2) is 9.67 Å². The number of aryl methyl sites for hydroxylation is 2. The lowest BCUT2D eigenvalue weighted by molar-refractivity contribution is 0.732. The summed E-state index contributed by atoms with van der Waals surface area (Å²) in [5, 5.41) is 6.05. The molecule has 31 heavy (non-hydrogen) atoms. The molecule has 8 heteroatoms. The highest BCUT2D eigenvalue weighted by Gasteiger charge is 2.18. The molecule has 0 amide bonds. The van der Waals surface area contributed by atoms with E-state index in [1.165, 1.54) is 16.7 Å². The highest BCUT2D eigenvalue weighted by Crippen LogP contribution is 2.24. The quantitative estimate of drug-likeness (QED) is 0.438. The first-order valence-electron chi connectivity index (χ1n) is 9.75. The SMILES string of the molecule is Cc1cc(=O)n(Cc2cc(=O)n3cc(Cl)ccc3n2)c2c1c(C)nn2-c1ccccc1. The lowest BCUT2D eigenvalue weighted by atomic mass is 10.1. The second-order valence-electron chi connectivity index (χ2n) is 7.44. The Hall–Kier alpha value is -3.71. The number of halogens is 1. The van der Waals surface area contributed by atoms with Gasteiger partial charge in [0.2, 0.25) is 0 Å². The van der Waals surface area contributed by atoms with Crippen molar-refractivity contribution in [3.05, 3.63) is 103 Å². The van der Waals surface area contributed by atoms with Gasteiger partial charge in [-0.15, -0.1) is 0 Å². The van der Waals surface area contributed by atoms with Crippen molar-refractivity contribution in [3.63, 3.8) is 0 Å². The number of benzene rings is 1. The van der Waals surface area contributed by atoms with Gasteiger partial charge in [0.1, 0.15) is 11.3 Å². The molecule has 0 bridgehead atoms. The van der Waals surface area contributed by atoms with Gasteiger partial charge in [0.05, 0.1) is 28.6 Å². The topological polar surface area (TPSA) is 74.2 Å². The van der Waals surface area contributed by atoms with Crippen molar-refractivity contribution in [2.45, 2.75) is 20.4 Å². The summed E-state index contributed by atoms with van der Waals surface area (Å²) in [7, 11) is 0. The Morgan fingerprint density at radius 2 is 1.74 bits per heavy atom. The van der Waals surface area contributed by atoms with E-state index in [2.05, 4.69) is 4.98 Å². The van der Waals surface area contributed by atoms with Crippen LogP contribution < -0.4 is 11.1 Å². The Morgan fingerprint density at radius 3 is 2.52 bits per heavy atom. The second-order valence-corrected chi connectivity index (χ2v) is 7.88. The smallest absolute Gasteiger partial charge is 0.258 e. The molecule has 4 heterocycles. The van der Waals surface area contributed by atoms with Crippen molar-refractivity contribution in [2.75, 3.05) is 0 Å².